The van der Waals surface area contributed by atoms with Gasteiger partial charge in [0, 0.05) is 39.3 Å². The maximum atomic E-state index is 5.80. The summed E-state index contributed by atoms with van der Waals surface area (Å²) in [5.41, 5.74) is 3.05. The standard InChI is InChI=1S/C23H29N5O2S/c1-17(29-4)22-27-20(16-31-22)14-28(3)23(24-2)26-13-18-8-10-21(11-9-18)30-15-19-7-5-6-12-25-19/h5-12,16-17H,13-15H2,1-4H3,(H,24,26). The molecule has 0 aliphatic heterocycles. The first-order valence-corrected chi connectivity index (χ1v) is 11.0. The quantitative estimate of drug-likeness (QED) is 0.401. The minimum absolute atomic E-state index is 0.0115. The van der Waals surface area contributed by atoms with Gasteiger partial charge in [0.05, 0.1) is 17.9 Å². The monoisotopic (exact) mass is 439 g/mol. The lowest BCUT2D eigenvalue weighted by Crippen LogP contribution is -2.38. The highest BCUT2D eigenvalue weighted by molar-refractivity contribution is 7.09. The minimum Gasteiger partial charge on any atom is -0.487 e. The Bertz CT molecular complexity index is 960. The molecule has 0 aliphatic rings. The number of aliphatic imine (C=N–C) groups is 1. The van der Waals surface area contributed by atoms with Gasteiger partial charge in [-0.1, -0.05) is 18.2 Å². The largest absolute Gasteiger partial charge is 0.487 e. The normalized spacial score (nSPS) is 12.5. The molecule has 31 heavy (non-hydrogen) atoms. The summed E-state index contributed by atoms with van der Waals surface area (Å²) in [7, 11) is 5.48. The molecule has 0 bridgehead atoms. The number of ether oxygens (including phenoxy) is 2. The molecule has 0 aliphatic carbocycles. The van der Waals surface area contributed by atoms with E-state index in [9.17, 15) is 0 Å². The van der Waals surface area contributed by atoms with Crippen molar-refractivity contribution in [3.05, 3.63) is 76.0 Å². The molecule has 164 valence electrons. The van der Waals surface area contributed by atoms with Crippen LogP contribution in [0.15, 0.2) is 59.0 Å². The topological polar surface area (TPSA) is 71.9 Å². The molecule has 0 fully saturated rings. The second-order valence-corrected chi connectivity index (χ2v) is 7.96. The fraction of sp³-hybridized carbons (Fsp3) is 0.348. The van der Waals surface area contributed by atoms with E-state index in [1.807, 2.05) is 56.4 Å². The number of hydrogen-bond donors (Lipinski definition) is 1. The Kier molecular flexibility index (Phi) is 8.37. The van der Waals surface area contributed by atoms with Crippen molar-refractivity contribution in [1.82, 2.24) is 20.2 Å². The van der Waals surface area contributed by atoms with Gasteiger partial charge in [-0.15, -0.1) is 11.3 Å². The Hall–Kier alpha value is -2.97. The van der Waals surface area contributed by atoms with E-state index in [0.717, 1.165) is 33.7 Å². The number of nitrogens with one attached hydrogen (secondary N) is 1. The van der Waals surface area contributed by atoms with Gasteiger partial charge >= 0.3 is 0 Å². The van der Waals surface area contributed by atoms with Gasteiger partial charge in [-0.2, -0.15) is 0 Å². The van der Waals surface area contributed by atoms with Crippen molar-refractivity contribution in [1.29, 1.82) is 0 Å². The molecule has 8 heteroatoms. The maximum absolute atomic E-state index is 5.80. The molecule has 0 radical (unpaired) electrons. The molecule has 0 spiro atoms. The lowest BCUT2D eigenvalue weighted by atomic mass is 10.2. The Labute approximate surface area is 187 Å². The predicted octanol–water partition coefficient (Wildman–Crippen LogP) is 4.03. The van der Waals surface area contributed by atoms with Gasteiger partial charge in [-0.3, -0.25) is 9.98 Å². The molecule has 1 unspecified atom stereocenters. The predicted molar refractivity (Wildman–Crippen MR) is 124 cm³/mol. The van der Waals surface area contributed by atoms with Crippen molar-refractivity contribution in [2.75, 3.05) is 21.2 Å². The Morgan fingerprint density at radius 1 is 1.19 bits per heavy atom. The first-order chi connectivity index (χ1) is 15.1. The number of hydrogen-bond acceptors (Lipinski definition) is 6. The van der Waals surface area contributed by atoms with E-state index in [2.05, 4.69) is 30.6 Å². The second kappa shape index (κ2) is 11.4. The van der Waals surface area contributed by atoms with Crippen LogP contribution < -0.4 is 10.1 Å². The maximum Gasteiger partial charge on any atom is 0.194 e. The fourth-order valence-corrected chi connectivity index (χ4v) is 3.75. The van der Waals surface area contributed by atoms with E-state index < -0.39 is 0 Å². The number of rotatable bonds is 9. The molecule has 2 aromatic heterocycles. The second-order valence-electron chi connectivity index (χ2n) is 7.07. The Morgan fingerprint density at radius 3 is 2.68 bits per heavy atom. The molecule has 1 aromatic carbocycles. The minimum atomic E-state index is 0.0115. The van der Waals surface area contributed by atoms with Crippen LogP contribution in [0.3, 0.4) is 0 Å². The van der Waals surface area contributed by atoms with Gasteiger partial charge in [-0.05, 0) is 36.8 Å². The van der Waals surface area contributed by atoms with Gasteiger partial charge < -0.3 is 19.7 Å². The van der Waals surface area contributed by atoms with Gasteiger partial charge in [-0.25, -0.2) is 4.98 Å². The Balaban J connectivity index is 1.48. The summed E-state index contributed by atoms with van der Waals surface area (Å²) in [5, 5.41) is 6.45. The molecule has 3 rings (SSSR count). The lowest BCUT2D eigenvalue weighted by molar-refractivity contribution is 0.119. The SMILES string of the molecule is CN=C(NCc1ccc(OCc2ccccn2)cc1)N(C)Cc1csc(C(C)OC)n1. The molecule has 2 heterocycles. The van der Waals surface area contributed by atoms with E-state index >= 15 is 0 Å². The van der Waals surface area contributed by atoms with Gasteiger partial charge in [0.15, 0.2) is 5.96 Å². The van der Waals surface area contributed by atoms with Crippen LogP contribution in [0.5, 0.6) is 5.75 Å². The average molecular weight is 440 g/mol. The molecule has 3 aromatic rings. The molecule has 1 N–H and O–H groups in total. The van der Waals surface area contributed by atoms with E-state index in [-0.39, 0.29) is 6.10 Å². The number of pyridine rings is 1. The van der Waals surface area contributed by atoms with Crippen LogP contribution in [-0.4, -0.2) is 42.0 Å². The van der Waals surface area contributed by atoms with Crippen molar-refractivity contribution in [3.8, 4) is 5.75 Å². The number of thiazole rings is 1. The van der Waals surface area contributed by atoms with Crippen molar-refractivity contribution >= 4 is 17.3 Å². The number of nitrogens with zero attached hydrogens (tertiary/aromatic N) is 4. The third kappa shape index (κ3) is 6.77. The lowest BCUT2D eigenvalue weighted by Gasteiger charge is -2.21. The summed E-state index contributed by atoms with van der Waals surface area (Å²) in [5.74, 6) is 1.63. The summed E-state index contributed by atoms with van der Waals surface area (Å²) in [6.45, 7) is 3.80. The first kappa shape index (κ1) is 22.7. The Morgan fingerprint density at radius 2 is 2.00 bits per heavy atom. The zero-order valence-electron chi connectivity index (χ0n) is 18.4. The van der Waals surface area contributed by atoms with E-state index in [1.54, 1.807) is 31.7 Å². The molecular formula is C23H29N5O2S. The number of methoxy groups -OCH3 is 1. The molecule has 1 atom stereocenters. The smallest absolute Gasteiger partial charge is 0.194 e. The van der Waals surface area contributed by atoms with Crippen LogP contribution in [0, 0.1) is 0 Å². The van der Waals surface area contributed by atoms with Crippen molar-refractivity contribution < 1.29 is 9.47 Å². The van der Waals surface area contributed by atoms with Crippen molar-refractivity contribution in [3.63, 3.8) is 0 Å². The van der Waals surface area contributed by atoms with Gasteiger partial charge in [0.25, 0.3) is 0 Å². The van der Waals surface area contributed by atoms with Crippen LogP contribution in [-0.2, 0) is 24.4 Å². The van der Waals surface area contributed by atoms with E-state index in [4.69, 9.17) is 9.47 Å². The van der Waals surface area contributed by atoms with Crippen molar-refractivity contribution in [2.24, 2.45) is 4.99 Å². The summed E-state index contributed by atoms with van der Waals surface area (Å²) in [4.78, 5) is 15.4. The third-order valence-electron chi connectivity index (χ3n) is 4.73. The number of guanidine groups is 1. The highest BCUT2D eigenvalue weighted by Gasteiger charge is 2.12. The first-order valence-electron chi connectivity index (χ1n) is 10.1. The molecule has 0 amide bonds. The zero-order chi connectivity index (χ0) is 22.1. The van der Waals surface area contributed by atoms with Crippen LogP contribution in [0.4, 0.5) is 0 Å². The van der Waals surface area contributed by atoms with Crippen LogP contribution >= 0.6 is 11.3 Å². The summed E-state index contributed by atoms with van der Waals surface area (Å²) in [6.07, 6.45) is 1.78. The third-order valence-corrected chi connectivity index (χ3v) is 5.78. The molecular weight excluding hydrogens is 410 g/mol. The van der Waals surface area contributed by atoms with Crippen LogP contribution in [0.25, 0.3) is 0 Å². The molecule has 7 nitrogen and oxygen atoms in total. The zero-order valence-corrected chi connectivity index (χ0v) is 19.2. The van der Waals surface area contributed by atoms with E-state index in [1.165, 1.54) is 0 Å². The number of aromatic nitrogens is 2. The van der Waals surface area contributed by atoms with Crippen LogP contribution in [0.2, 0.25) is 0 Å². The summed E-state index contributed by atoms with van der Waals surface area (Å²) in [6, 6.07) is 13.8. The van der Waals surface area contributed by atoms with E-state index in [0.29, 0.717) is 19.7 Å². The van der Waals surface area contributed by atoms with Gasteiger partial charge in [0.2, 0.25) is 0 Å². The summed E-state index contributed by atoms with van der Waals surface area (Å²) < 4.78 is 11.1. The highest BCUT2D eigenvalue weighted by atomic mass is 32.1. The fourth-order valence-electron chi connectivity index (χ4n) is 2.91. The molecule has 0 saturated carbocycles. The average Bonchev–Trinajstić information content (AvgIpc) is 3.27. The van der Waals surface area contributed by atoms with Crippen molar-refractivity contribution in [2.45, 2.75) is 32.7 Å². The van der Waals surface area contributed by atoms with Crippen LogP contribution in [0.1, 0.15) is 35.0 Å². The van der Waals surface area contributed by atoms with Gasteiger partial charge in [0.1, 0.15) is 23.5 Å². The number of benzene rings is 1. The molecule has 0 saturated heterocycles. The highest BCUT2D eigenvalue weighted by Crippen LogP contribution is 2.21. The summed E-state index contributed by atoms with van der Waals surface area (Å²) >= 11 is 1.62.